The molecule has 0 saturated heterocycles. The Balaban J connectivity index is 2.84. The van der Waals surface area contributed by atoms with Crippen molar-refractivity contribution in [2.45, 2.75) is 25.3 Å². The van der Waals surface area contributed by atoms with Gasteiger partial charge in [-0.3, -0.25) is 9.00 Å². The van der Waals surface area contributed by atoms with Crippen LogP contribution in [0.1, 0.15) is 19.4 Å². The number of alkyl halides is 3. The summed E-state index contributed by atoms with van der Waals surface area (Å²) < 4.78 is 49.4. The minimum atomic E-state index is -4.59. The third-order valence-electron chi connectivity index (χ3n) is 2.44. The first kappa shape index (κ1) is 16.5. The third kappa shape index (κ3) is 4.52. The summed E-state index contributed by atoms with van der Waals surface area (Å²) in [6.07, 6.45) is -4.59. The van der Waals surface area contributed by atoms with Gasteiger partial charge in [0.15, 0.2) is 0 Å². The van der Waals surface area contributed by atoms with Gasteiger partial charge in [-0.15, -0.1) is 0 Å². The molecule has 20 heavy (non-hydrogen) atoms. The summed E-state index contributed by atoms with van der Waals surface area (Å²) in [7, 11) is -1.36. The monoisotopic (exact) mass is 308 g/mol. The molecule has 1 amide bonds. The summed E-state index contributed by atoms with van der Waals surface area (Å²) in [6, 6.07) is 3.09. The summed E-state index contributed by atoms with van der Waals surface area (Å²) in [6.45, 7) is 3.38. The molecule has 0 bridgehead atoms. The maximum Gasteiger partial charge on any atom is 0.418 e. The summed E-state index contributed by atoms with van der Waals surface area (Å²) in [4.78, 5) is 11.6. The fourth-order valence-corrected chi connectivity index (χ4v) is 2.04. The van der Waals surface area contributed by atoms with Crippen LogP contribution in [0, 0.1) is 0 Å². The van der Waals surface area contributed by atoms with Crippen molar-refractivity contribution in [1.82, 2.24) is 0 Å². The predicted octanol–water partition coefficient (Wildman–Crippen LogP) is 2.38. The number of amides is 1. The minimum Gasteiger partial charge on any atom is -0.398 e. The highest BCUT2D eigenvalue weighted by molar-refractivity contribution is 7.86. The summed E-state index contributed by atoms with van der Waals surface area (Å²) >= 11 is 0. The number of carbonyl (C=O) groups is 1. The van der Waals surface area contributed by atoms with E-state index in [1.165, 1.54) is 6.07 Å². The normalized spacial score (nSPS) is 13.3. The molecule has 4 nitrogen and oxygen atoms in total. The number of nitrogen functional groups attached to an aromatic ring is 1. The third-order valence-corrected chi connectivity index (χ3v) is 4.04. The lowest BCUT2D eigenvalue weighted by Gasteiger charge is -2.12. The van der Waals surface area contributed by atoms with Crippen LogP contribution in [0.15, 0.2) is 18.2 Å². The van der Waals surface area contributed by atoms with Gasteiger partial charge in [-0.05, 0) is 18.2 Å². The van der Waals surface area contributed by atoms with E-state index in [0.717, 1.165) is 12.1 Å². The van der Waals surface area contributed by atoms with Gasteiger partial charge < -0.3 is 11.1 Å². The Bertz CT molecular complexity index is 530. The van der Waals surface area contributed by atoms with Gasteiger partial charge in [0.1, 0.15) is 5.75 Å². The molecule has 0 fully saturated rings. The Morgan fingerprint density at radius 2 is 2.00 bits per heavy atom. The number of rotatable bonds is 4. The summed E-state index contributed by atoms with van der Waals surface area (Å²) in [5, 5.41) is 2.08. The van der Waals surface area contributed by atoms with Crippen molar-refractivity contribution in [1.29, 1.82) is 0 Å². The second-order valence-corrected chi connectivity index (χ2v) is 6.41. The first-order valence-corrected chi connectivity index (χ1v) is 7.13. The largest absolute Gasteiger partial charge is 0.418 e. The maximum absolute atomic E-state index is 12.6. The molecule has 1 aromatic rings. The second-order valence-electron chi connectivity index (χ2n) is 4.42. The predicted molar refractivity (Wildman–Crippen MR) is 72.6 cm³/mol. The van der Waals surface area contributed by atoms with E-state index < -0.39 is 34.1 Å². The van der Waals surface area contributed by atoms with Crippen LogP contribution in [0.5, 0.6) is 0 Å². The van der Waals surface area contributed by atoms with Gasteiger partial charge in [-0.25, -0.2) is 0 Å². The Hall–Kier alpha value is -1.57. The molecule has 0 saturated carbocycles. The van der Waals surface area contributed by atoms with Crippen molar-refractivity contribution in [2.75, 3.05) is 16.8 Å². The number of nitrogens with two attached hydrogens (primary N) is 1. The number of halogens is 3. The smallest absolute Gasteiger partial charge is 0.398 e. The van der Waals surface area contributed by atoms with Gasteiger partial charge in [0.25, 0.3) is 0 Å². The van der Waals surface area contributed by atoms with Gasteiger partial charge >= 0.3 is 6.18 Å². The van der Waals surface area contributed by atoms with Crippen molar-refractivity contribution in [3.05, 3.63) is 23.8 Å². The Morgan fingerprint density at radius 3 is 2.50 bits per heavy atom. The van der Waals surface area contributed by atoms with Crippen LogP contribution < -0.4 is 11.1 Å². The Labute approximate surface area is 117 Å². The van der Waals surface area contributed by atoms with E-state index >= 15 is 0 Å². The fourth-order valence-electron chi connectivity index (χ4n) is 1.37. The zero-order valence-corrected chi connectivity index (χ0v) is 11.8. The molecule has 0 aliphatic rings. The van der Waals surface area contributed by atoms with Crippen molar-refractivity contribution in [3.8, 4) is 0 Å². The number of anilines is 2. The molecule has 112 valence electrons. The molecule has 0 aliphatic carbocycles. The number of hydrogen-bond donors (Lipinski definition) is 2. The van der Waals surface area contributed by atoms with Gasteiger partial charge in [0, 0.05) is 27.4 Å². The van der Waals surface area contributed by atoms with E-state index in [1.807, 2.05) is 0 Å². The highest BCUT2D eigenvalue weighted by Crippen LogP contribution is 2.35. The molecule has 0 aromatic heterocycles. The van der Waals surface area contributed by atoms with Gasteiger partial charge in [0.05, 0.1) is 5.56 Å². The van der Waals surface area contributed by atoms with Gasteiger partial charge in [-0.1, -0.05) is 13.8 Å². The van der Waals surface area contributed by atoms with Crippen molar-refractivity contribution in [2.24, 2.45) is 0 Å². The van der Waals surface area contributed by atoms with E-state index in [2.05, 4.69) is 5.32 Å². The lowest BCUT2D eigenvalue weighted by Crippen LogP contribution is -2.23. The molecule has 1 aromatic carbocycles. The van der Waals surface area contributed by atoms with Crippen LogP contribution in [0.4, 0.5) is 24.5 Å². The molecule has 0 radical (unpaired) electrons. The van der Waals surface area contributed by atoms with E-state index in [-0.39, 0.29) is 16.7 Å². The average Bonchev–Trinajstić information content (AvgIpc) is 2.29. The molecule has 0 heterocycles. The number of carbonyl (C=O) groups excluding carboxylic acids is 1. The van der Waals surface area contributed by atoms with E-state index in [9.17, 15) is 22.2 Å². The van der Waals surface area contributed by atoms with Crippen molar-refractivity contribution >= 4 is 28.1 Å². The maximum atomic E-state index is 12.6. The molecule has 8 heteroatoms. The van der Waals surface area contributed by atoms with E-state index in [1.54, 1.807) is 13.8 Å². The molecule has 1 rings (SSSR count). The van der Waals surface area contributed by atoms with E-state index in [0.29, 0.717) is 0 Å². The molecule has 1 atom stereocenters. The molecule has 1 unspecified atom stereocenters. The van der Waals surface area contributed by atoms with Crippen LogP contribution in [0.2, 0.25) is 0 Å². The first-order valence-electron chi connectivity index (χ1n) is 5.75. The van der Waals surface area contributed by atoms with E-state index in [4.69, 9.17) is 5.73 Å². The summed E-state index contributed by atoms with van der Waals surface area (Å²) in [5.74, 6) is -0.862. The lowest BCUT2D eigenvalue weighted by atomic mass is 10.1. The molecule has 0 aliphatic heterocycles. The number of hydrogen-bond acceptors (Lipinski definition) is 3. The van der Waals surface area contributed by atoms with Crippen LogP contribution in [-0.2, 0) is 21.8 Å². The lowest BCUT2D eigenvalue weighted by molar-refractivity contribution is -0.136. The van der Waals surface area contributed by atoms with Crippen LogP contribution in [0.3, 0.4) is 0 Å². The van der Waals surface area contributed by atoms with Crippen LogP contribution >= 0.6 is 0 Å². The number of benzene rings is 1. The fraction of sp³-hybridized carbons (Fsp3) is 0.417. The van der Waals surface area contributed by atoms with Crippen LogP contribution in [-0.4, -0.2) is 21.1 Å². The zero-order valence-electron chi connectivity index (χ0n) is 11.0. The van der Waals surface area contributed by atoms with Gasteiger partial charge in [-0.2, -0.15) is 13.2 Å². The standard InChI is InChI=1S/C12H15F3N2O2S/c1-7(2)20(19)6-11(18)17-8-3-4-10(16)9(5-8)12(13,14)15/h3-5,7H,6,16H2,1-2H3,(H,17,18). The molecule has 3 N–H and O–H groups in total. The quantitative estimate of drug-likeness (QED) is 0.839. The van der Waals surface area contributed by atoms with Crippen molar-refractivity contribution < 1.29 is 22.2 Å². The van der Waals surface area contributed by atoms with Crippen LogP contribution in [0.25, 0.3) is 0 Å². The second kappa shape index (κ2) is 6.25. The molecular formula is C12H15F3N2O2S. The highest BCUT2D eigenvalue weighted by atomic mass is 32.2. The number of nitrogens with one attached hydrogen (secondary N) is 1. The first-order chi connectivity index (χ1) is 9.11. The Kier molecular flexibility index (Phi) is 5.15. The highest BCUT2D eigenvalue weighted by Gasteiger charge is 2.33. The molecule has 0 spiro atoms. The SMILES string of the molecule is CC(C)S(=O)CC(=O)Nc1ccc(N)c(C(F)(F)F)c1. The zero-order chi connectivity index (χ0) is 15.5. The topological polar surface area (TPSA) is 72.2 Å². The van der Waals surface area contributed by atoms with Gasteiger partial charge in [0.2, 0.25) is 5.91 Å². The Morgan fingerprint density at radius 1 is 1.40 bits per heavy atom. The van der Waals surface area contributed by atoms with Crippen molar-refractivity contribution in [3.63, 3.8) is 0 Å². The average molecular weight is 308 g/mol. The minimum absolute atomic E-state index is 0.0303. The summed E-state index contributed by atoms with van der Waals surface area (Å²) in [5.41, 5.74) is 3.79. The molecular weight excluding hydrogens is 293 g/mol.